The molecule has 1 aromatic carbocycles. The minimum atomic E-state index is -3.94. The van der Waals surface area contributed by atoms with Gasteiger partial charge in [-0.25, -0.2) is 18.2 Å². The third-order valence-electron chi connectivity index (χ3n) is 9.75. The van der Waals surface area contributed by atoms with Gasteiger partial charge in [0.2, 0.25) is 27.7 Å². The zero-order valence-electron chi connectivity index (χ0n) is 33.0. The number of benzene rings is 1. The first-order valence-corrected chi connectivity index (χ1v) is 20.3. The number of pyridine rings is 1. The third kappa shape index (κ3) is 10.4. The van der Waals surface area contributed by atoms with Crippen LogP contribution in [0.25, 0.3) is 10.8 Å². The molecule has 2 aliphatic carbocycles. The van der Waals surface area contributed by atoms with Gasteiger partial charge in [-0.15, -0.1) is 6.58 Å². The quantitative estimate of drug-likeness (QED) is 0.173. The van der Waals surface area contributed by atoms with Crippen LogP contribution in [0.3, 0.4) is 0 Å². The number of aromatic nitrogens is 1. The van der Waals surface area contributed by atoms with Crippen LogP contribution in [-0.4, -0.2) is 96.1 Å². The summed E-state index contributed by atoms with van der Waals surface area (Å²) in [6.45, 7) is 14.4. The molecule has 0 radical (unpaired) electrons. The lowest BCUT2D eigenvalue weighted by Gasteiger charge is -2.30. The highest BCUT2D eigenvalue weighted by Crippen LogP contribution is 2.45. The molecule has 3 N–H and O–H groups in total. The Morgan fingerprint density at radius 2 is 1.80 bits per heavy atom. The van der Waals surface area contributed by atoms with Crippen LogP contribution in [0.5, 0.6) is 11.6 Å². The molecular weight excluding hydrogens is 743 g/mol. The van der Waals surface area contributed by atoms with Crippen molar-refractivity contribution in [3.8, 4) is 11.6 Å². The van der Waals surface area contributed by atoms with E-state index in [1.165, 1.54) is 17.1 Å². The van der Waals surface area contributed by atoms with Gasteiger partial charge in [0.15, 0.2) is 5.78 Å². The van der Waals surface area contributed by atoms with Gasteiger partial charge < -0.3 is 29.7 Å². The molecule has 2 saturated carbocycles. The summed E-state index contributed by atoms with van der Waals surface area (Å²) in [5.41, 5.74) is -2.77. The Morgan fingerprint density at radius 1 is 1.09 bits per heavy atom. The molecule has 5 atom stereocenters. The Hall–Kier alpha value is -4.99. The van der Waals surface area contributed by atoms with Crippen molar-refractivity contribution in [2.45, 2.75) is 115 Å². The van der Waals surface area contributed by atoms with Gasteiger partial charge in [-0.3, -0.25) is 23.9 Å². The van der Waals surface area contributed by atoms with Crippen LogP contribution in [0.2, 0.25) is 0 Å². The minimum absolute atomic E-state index is 0.0466. The van der Waals surface area contributed by atoms with Gasteiger partial charge in [0, 0.05) is 30.3 Å². The Bertz CT molecular complexity index is 2020. The van der Waals surface area contributed by atoms with Crippen molar-refractivity contribution in [1.29, 1.82) is 0 Å². The van der Waals surface area contributed by atoms with E-state index in [1.807, 2.05) is 26.8 Å². The SMILES string of the molecule is C=CC1CC1(NC(=O)C1CC(Oc2nccc3cc(OC)ccc23)CN1C(=O)C(CCC(=O)/C=C/C(C)(C)C)NC(=O)OC(C)(C)C)C(=O)NS(=O)(=O)C1CC1. The summed E-state index contributed by atoms with van der Waals surface area (Å²) in [7, 11) is -2.38. The zero-order chi connectivity index (χ0) is 41.2. The number of methoxy groups -OCH3 is 1. The molecule has 3 fully saturated rings. The number of rotatable bonds is 15. The average Bonchev–Trinajstić information content (AvgIpc) is 4.04. The van der Waals surface area contributed by atoms with Crippen LogP contribution >= 0.6 is 0 Å². The van der Waals surface area contributed by atoms with E-state index in [2.05, 4.69) is 26.9 Å². The van der Waals surface area contributed by atoms with Crippen LogP contribution in [0, 0.1) is 11.3 Å². The molecule has 0 bridgehead atoms. The number of nitrogens with zero attached hydrogens (tertiary/aromatic N) is 2. The summed E-state index contributed by atoms with van der Waals surface area (Å²) >= 11 is 0. The van der Waals surface area contributed by atoms with Crippen molar-refractivity contribution in [3.63, 3.8) is 0 Å². The van der Waals surface area contributed by atoms with E-state index in [0.29, 0.717) is 24.0 Å². The van der Waals surface area contributed by atoms with Crippen LogP contribution in [-0.2, 0) is 33.9 Å². The molecule has 1 aromatic heterocycles. The van der Waals surface area contributed by atoms with E-state index in [1.54, 1.807) is 58.4 Å². The summed E-state index contributed by atoms with van der Waals surface area (Å²) in [4.78, 5) is 74.1. The van der Waals surface area contributed by atoms with Gasteiger partial charge >= 0.3 is 6.09 Å². The highest BCUT2D eigenvalue weighted by molar-refractivity contribution is 7.91. The second-order valence-electron chi connectivity index (χ2n) is 16.8. The highest BCUT2D eigenvalue weighted by Gasteiger charge is 2.62. The van der Waals surface area contributed by atoms with Gasteiger partial charge in [-0.2, -0.15) is 0 Å². The molecule has 3 aliphatic rings. The molecule has 1 saturated heterocycles. The van der Waals surface area contributed by atoms with Gasteiger partial charge in [0.25, 0.3) is 5.91 Å². The standard InChI is InChI=1S/C40H53N5O10S/c1-9-25-22-40(25,36(49)44-56(51,52)29-12-13-29)43-33(47)32-21-28(54-34-30-14-11-27(53-8)20-24(30)17-19-41-34)23-45(32)35(48)31(42-37(50)55-39(5,6)7)15-10-26(46)16-18-38(2,3)4/h9,11,14,16-20,25,28-29,31-32H,1,10,12-13,15,21-23H2,2-8H3,(H,42,50)(H,43,47)(H,44,49)/b18-16+. The molecule has 0 spiro atoms. The molecule has 5 unspecified atom stereocenters. The van der Waals surface area contributed by atoms with Crippen molar-refractivity contribution in [2.75, 3.05) is 13.7 Å². The summed E-state index contributed by atoms with van der Waals surface area (Å²) < 4.78 is 44.8. The van der Waals surface area contributed by atoms with Crippen molar-refractivity contribution >= 4 is 50.4 Å². The summed E-state index contributed by atoms with van der Waals surface area (Å²) in [5.74, 6) is -2.26. The number of amides is 4. The largest absolute Gasteiger partial charge is 0.497 e. The van der Waals surface area contributed by atoms with E-state index in [4.69, 9.17) is 14.2 Å². The fraction of sp³-hybridized carbons (Fsp3) is 0.550. The van der Waals surface area contributed by atoms with Crippen molar-refractivity contribution in [1.82, 2.24) is 25.2 Å². The first-order valence-electron chi connectivity index (χ1n) is 18.8. The number of alkyl carbamates (subject to hydrolysis) is 1. The van der Waals surface area contributed by atoms with Crippen molar-refractivity contribution in [3.05, 3.63) is 55.3 Å². The Kier molecular flexibility index (Phi) is 12.2. The lowest BCUT2D eigenvalue weighted by molar-refractivity contribution is -0.141. The van der Waals surface area contributed by atoms with Gasteiger partial charge in [0.1, 0.15) is 35.1 Å². The molecule has 1 aliphatic heterocycles. The molecule has 4 amide bonds. The monoisotopic (exact) mass is 795 g/mol. The number of ether oxygens (including phenoxy) is 3. The van der Waals surface area contributed by atoms with E-state index >= 15 is 0 Å². The minimum Gasteiger partial charge on any atom is -0.497 e. The maximum atomic E-state index is 14.6. The molecule has 2 aromatic rings. The summed E-state index contributed by atoms with van der Waals surface area (Å²) in [6, 6.07) is 4.60. The molecule has 5 rings (SSSR count). The molecular formula is C40H53N5O10S. The lowest BCUT2D eigenvalue weighted by Crippen LogP contribution is -2.58. The van der Waals surface area contributed by atoms with E-state index in [9.17, 15) is 32.4 Å². The van der Waals surface area contributed by atoms with E-state index in [0.717, 1.165) is 5.39 Å². The molecule has 16 heteroatoms. The third-order valence-corrected chi connectivity index (χ3v) is 11.6. The lowest BCUT2D eigenvalue weighted by atomic mass is 9.95. The summed E-state index contributed by atoms with van der Waals surface area (Å²) in [6.07, 6.45) is 5.25. The average molecular weight is 796 g/mol. The van der Waals surface area contributed by atoms with Crippen molar-refractivity contribution in [2.24, 2.45) is 11.3 Å². The summed E-state index contributed by atoms with van der Waals surface area (Å²) in [5, 5.41) is 6.12. The van der Waals surface area contributed by atoms with Crippen LogP contribution in [0.1, 0.15) is 80.1 Å². The van der Waals surface area contributed by atoms with E-state index < -0.39 is 74.3 Å². The van der Waals surface area contributed by atoms with Crippen LogP contribution < -0.4 is 24.8 Å². The number of hydrogen-bond acceptors (Lipinski definition) is 11. The van der Waals surface area contributed by atoms with E-state index in [-0.39, 0.29) is 49.3 Å². The van der Waals surface area contributed by atoms with Crippen LogP contribution in [0.4, 0.5) is 4.79 Å². The Balaban J connectivity index is 1.45. The zero-order valence-corrected chi connectivity index (χ0v) is 33.9. The number of sulfonamides is 1. The molecule has 15 nitrogen and oxygen atoms in total. The number of ketones is 1. The Morgan fingerprint density at radius 3 is 2.41 bits per heavy atom. The number of carbonyl (C=O) groups excluding carboxylic acids is 5. The second-order valence-corrected chi connectivity index (χ2v) is 18.7. The second kappa shape index (κ2) is 16.2. The molecule has 304 valence electrons. The number of nitrogens with one attached hydrogen (secondary N) is 3. The maximum absolute atomic E-state index is 14.6. The van der Waals surface area contributed by atoms with Crippen LogP contribution in [0.15, 0.2) is 55.3 Å². The van der Waals surface area contributed by atoms with Gasteiger partial charge in [0.05, 0.1) is 18.9 Å². The number of carbonyl (C=O) groups is 5. The predicted molar refractivity (Wildman–Crippen MR) is 208 cm³/mol. The molecule has 2 heterocycles. The predicted octanol–water partition coefficient (Wildman–Crippen LogP) is 4.11. The van der Waals surface area contributed by atoms with Gasteiger partial charge in [-0.05, 0) is 87.6 Å². The van der Waals surface area contributed by atoms with Crippen molar-refractivity contribution < 1.29 is 46.6 Å². The van der Waals surface area contributed by atoms with Gasteiger partial charge in [-0.1, -0.05) is 32.9 Å². The number of fused-ring (bicyclic) bond motifs is 1. The topological polar surface area (TPSA) is 199 Å². The normalized spacial score (nSPS) is 22.9. The number of hydrogen-bond donors (Lipinski definition) is 3. The molecule has 56 heavy (non-hydrogen) atoms. The first kappa shape index (κ1) is 42.2. The first-order chi connectivity index (χ1) is 26.1. The Labute approximate surface area is 328 Å². The fourth-order valence-corrected chi connectivity index (χ4v) is 7.89. The smallest absolute Gasteiger partial charge is 0.408 e. The number of likely N-dealkylation sites (tertiary alicyclic amines) is 1. The number of allylic oxidation sites excluding steroid dienone is 2. The maximum Gasteiger partial charge on any atom is 0.408 e. The fourth-order valence-electron chi connectivity index (χ4n) is 6.52. The highest BCUT2D eigenvalue weighted by atomic mass is 32.2.